The van der Waals surface area contributed by atoms with Gasteiger partial charge in [-0.05, 0) is 19.1 Å². The first-order valence-corrected chi connectivity index (χ1v) is 6.40. The van der Waals surface area contributed by atoms with Gasteiger partial charge in [-0.25, -0.2) is 9.97 Å². The normalized spacial score (nSPS) is 10.1. The van der Waals surface area contributed by atoms with Gasteiger partial charge in [-0.3, -0.25) is 4.79 Å². The van der Waals surface area contributed by atoms with E-state index in [-0.39, 0.29) is 5.91 Å². The van der Waals surface area contributed by atoms with Crippen molar-refractivity contribution in [2.75, 3.05) is 12.4 Å². The first kappa shape index (κ1) is 12.5. The highest BCUT2D eigenvalue weighted by Gasteiger charge is 2.11. The quantitative estimate of drug-likeness (QED) is 0.882. The van der Waals surface area contributed by atoms with Gasteiger partial charge in [-0.1, -0.05) is 0 Å². The van der Waals surface area contributed by atoms with Gasteiger partial charge >= 0.3 is 0 Å². The van der Waals surface area contributed by atoms with Crippen molar-refractivity contribution in [2.24, 2.45) is 0 Å². The van der Waals surface area contributed by atoms with Gasteiger partial charge in [0.1, 0.15) is 10.8 Å². The van der Waals surface area contributed by atoms with Crippen molar-refractivity contribution in [3.8, 4) is 0 Å². The van der Waals surface area contributed by atoms with Gasteiger partial charge in [-0.2, -0.15) is 0 Å². The molecule has 2 aromatic heterocycles. The number of nitrogens with one attached hydrogen (secondary N) is 2. The zero-order valence-electron chi connectivity index (χ0n) is 10.2. The number of carbonyl (C=O) groups excluding carboxylic acids is 1. The Kier molecular flexibility index (Phi) is 3.88. The van der Waals surface area contributed by atoms with Crippen molar-refractivity contribution in [3.63, 3.8) is 0 Å². The summed E-state index contributed by atoms with van der Waals surface area (Å²) in [7, 11) is 1.74. The topological polar surface area (TPSA) is 66.9 Å². The monoisotopic (exact) mass is 262 g/mol. The van der Waals surface area contributed by atoms with E-state index in [0.717, 1.165) is 10.7 Å². The number of aryl methyl sites for hydroxylation is 1. The van der Waals surface area contributed by atoms with Gasteiger partial charge in [-0.15, -0.1) is 11.3 Å². The molecule has 2 rings (SSSR count). The molecule has 6 heteroatoms. The standard InChI is InChI=1S/C12H14N4OS/c1-8-7-18-10(16-8)6-15-12(17)9-4-3-5-14-11(9)13-2/h3-5,7H,6H2,1-2H3,(H,13,14)(H,15,17). The molecule has 0 saturated heterocycles. The second-order valence-electron chi connectivity index (χ2n) is 3.71. The molecular weight excluding hydrogens is 248 g/mol. The van der Waals surface area contributed by atoms with E-state index < -0.39 is 0 Å². The number of carbonyl (C=O) groups is 1. The lowest BCUT2D eigenvalue weighted by molar-refractivity contribution is 0.0951. The summed E-state index contributed by atoms with van der Waals surface area (Å²) in [5.41, 5.74) is 1.51. The second kappa shape index (κ2) is 5.59. The molecule has 0 atom stereocenters. The third-order valence-electron chi connectivity index (χ3n) is 2.36. The Labute approximate surface area is 109 Å². The van der Waals surface area contributed by atoms with Crippen molar-refractivity contribution >= 4 is 23.1 Å². The van der Waals surface area contributed by atoms with Gasteiger partial charge < -0.3 is 10.6 Å². The van der Waals surface area contributed by atoms with Crippen molar-refractivity contribution < 1.29 is 4.79 Å². The summed E-state index contributed by atoms with van der Waals surface area (Å²) in [5.74, 6) is 0.422. The first-order valence-electron chi connectivity index (χ1n) is 5.52. The zero-order chi connectivity index (χ0) is 13.0. The maximum atomic E-state index is 12.0. The number of thiazole rings is 1. The maximum Gasteiger partial charge on any atom is 0.255 e. The third-order valence-corrected chi connectivity index (χ3v) is 3.32. The van der Waals surface area contributed by atoms with Gasteiger partial charge in [0.15, 0.2) is 0 Å². The summed E-state index contributed by atoms with van der Waals surface area (Å²) < 4.78 is 0. The molecule has 0 fully saturated rings. The van der Waals surface area contributed by atoms with Crippen molar-refractivity contribution in [1.82, 2.24) is 15.3 Å². The minimum atomic E-state index is -0.152. The van der Waals surface area contributed by atoms with Crippen molar-refractivity contribution in [2.45, 2.75) is 13.5 Å². The number of rotatable bonds is 4. The summed E-state index contributed by atoms with van der Waals surface area (Å²) in [5, 5.41) is 8.59. The maximum absolute atomic E-state index is 12.0. The Hall–Kier alpha value is -1.95. The van der Waals surface area contributed by atoms with Gasteiger partial charge in [0.2, 0.25) is 0 Å². The predicted octanol–water partition coefficient (Wildman–Crippen LogP) is 1.82. The lowest BCUT2D eigenvalue weighted by Gasteiger charge is -2.07. The van der Waals surface area contributed by atoms with E-state index in [1.54, 1.807) is 25.4 Å². The number of amides is 1. The van der Waals surface area contributed by atoms with Crippen LogP contribution >= 0.6 is 11.3 Å². The number of anilines is 1. The molecule has 94 valence electrons. The average molecular weight is 262 g/mol. The fourth-order valence-electron chi connectivity index (χ4n) is 1.52. The van der Waals surface area contributed by atoms with E-state index in [0.29, 0.717) is 17.9 Å². The molecule has 0 aliphatic carbocycles. The van der Waals surface area contributed by atoms with E-state index in [9.17, 15) is 4.79 Å². The number of hydrogen-bond acceptors (Lipinski definition) is 5. The Balaban J connectivity index is 2.03. The van der Waals surface area contributed by atoms with Crippen molar-refractivity contribution in [3.05, 3.63) is 40.0 Å². The Bertz CT molecular complexity index is 553. The van der Waals surface area contributed by atoms with Gasteiger partial charge in [0.05, 0.1) is 12.1 Å². The van der Waals surface area contributed by atoms with Crippen LogP contribution in [0.4, 0.5) is 5.82 Å². The molecule has 0 unspecified atom stereocenters. The van der Waals surface area contributed by atoms with Crippen LogP contribution in [0.2, 0.25) is 0 Å². The fourth-order valence-corrected chi connectivity index (χ4v) is 2.23. The highest BCUT2D eigenvalue weighted by molar-refractivity contribution is 7.09. The SMILES string of the molecule is CNc1ncccc1C(=O)NCc1nc(C)cs1. The Morgan fingerprint density at radius 2 is 2.33 bits per heavy atom. The van der Waals surface area contributed by atoms with Crippen LogP contribution in [0.25, 0.3) is 0 Å². The van der Waals surface area contributed by atoms with Crippen LogP contribution in [-0.2, 0) is 6.54 Å². The lowest BCUT2D eigenvalue weighted by atomic mass is 10.2. The van der Waals surface area contributed by atoms with Crippen molar-refractivity contribution in [1.29, 1.82) is 0 Å². The highest BCUT2D eigenvalue weighted by atomic mass is 32.1. The van der Waals surface area contributed by atoms with Crippen LogP contribution in [0.15, 0.2) is 23.7 Å². The van der Waals surface area contributed by atoms with Gasteiger partial charge in [0, 0.05) is 24.3 Å². The smallest absolute Gasteiger partial charge is 0.255 e. The summed E-state index contributed by atoms with van der Waals surface area (Å²) in [4.78, 5) is 20.4. The van der Waals surface area contributed by atoms with E-state index in [4.69, 9.17) is 0 Å². The number of pyridine rings is 1. The minimum absolute atomic E-state index is 0.152. The summed E-state index contributed by atoms with van der Waals surface area (Å²) >= 11 is 1.54. The van der Waals surface area contributed by atoms with E-state index in [1.807, 2.05) is 12.3 Å². The summed E-state index contributed by atoms with van der Waals surface area (Å²) in [6, 6.07) is 3.48. The molecule has 0 aliphatic heterocycles. The molecular formula is C12H14N4OS. The molecule has 0 aliphatic rings. The largest absolute Gasteiger partial charge is 0.372 e. The first-order chi connectivity index (χ1) is 8.70. The molecule has 2 aromatic rings. The van der Waals surface area contributed by atoms with Crippen LogP contribution in [-0.4, -0.2) is 22.9 Å². The molecule has 0 saturated carbocycles. The van der Waals surface area contributed by atoms with Crippen LogP contribution < -0.4 is 10.6 Å². The molecule has 0 radical (unpaired) electrons. The Morgan fingerprint density at radius 1 is 1.50 bits per heavy atom. The molecule has 5 nitrogen and oxygen atoms in total. The Morgan fingerprint density at radius 3 is 3.00 bits per heavy atom. The zero-order valence-corrected chi connectivity index (χ0v) is 11.0. The van der Waals surface area contributed by atoms with Crippen LogP contribution in [0.5, 0.6) is 0 Å². The lowest BCUT2D eigenvalue weighted by Crippen LogP contribution is -2.24. The molecule has 2 heterocycles. The van der Waals surface area contributed by atoms with Crippen LogP contribution in [0.3, 0.4) is 0 Å². The molecule has 2 N–H and O–H groups in total. The summed E-state index contributed by atoms with van der Waals surface area (Å²) in [6.45, 7) is 2.37. The number of hydrogen-bond donors (Lipinski definition) is 2. The fraction of sp³-hybridized carbons (Fsp3) is 0.250. The highest BCUT2D eigenvalue weighted by Crippen LogP contribution is 2.12. The molecule has 1 amide bonds. The number of aromatic nitrogens is 2. The third kappa shape index (κ3) is 2.84. The molecule has 0 spiro atoms. The average Bonchev–Trinajstić information content (AvgIpc) is 2.81. The van der Waals surface area contributed by atoms with E-state index >= 15 is 0 Å². The van der Waals surface area contributed by atoms with Crippen LogP contribution in [0.1, 0.15) is 21.1 Å². The summed E-state index contributed by atoms with van der Waals surface area (Å²) in [6.07, 6.45) is 1.65. The van der Waals surface area contributed by atoms with Gasteiger partial charge in [0.25, 0.3) is 5.91 Å². The van der Waals surface area contributed by atoms with Crippen LogP contribution in [0, 0.1) is 6.92 Å². The molecule has 0 aromatic carbocycles. The number of nitrogens with zero attached hydrogens (tertiary/aromatic N) is 2. The van der Waals surface area contributed by atoms with E-state index in [2.05, 4.69) is 20.6 Å². The minimum Gasteiger partial charge on any atom is -0.372 e. The second-order valence-corrected chi connectivity index (χ2v) is 4.66. The predicted molar refractivity (Wildman–Crippen MR) is 71.8 cm³/mol. The van der Waals surface area contributed by atoms with E-state index in [1.165, 1.54) is 11.3 Å². The molecule has 18 heavy (non-hydrogen) atoms. The molecule has 0 bridgehead atoms.